The van der Waals surface area contributed by atoms with Crippen molar-refractivity contribution >= 4 is 16.9 Å². The van der Waals surface area contributed by atoms with Crippen molar-refractivity contribution in [3.05, 3.63) is 106 Å². The van der Waals surface area contributed by atoms with Gasteiger partial charge in [-0.3, -0.25) is 4.79 Å². The van der Waals surface area contributed by atoms with E-state index in [4.69, 9.17) is 9.47 Å². The summed E-state index contributed by atoms with van der Waals surface area (Å²) in [6.45, 7) is 0.191. The molecule has 1 aromatic heterocycles. The van der Waals surface area contributed by atoms with Crippen LogP contribution in [-0.4, -0.2) is 15.9 Å². The third-order valence-corrected chi connectivity index (χ3v) is 4.35. The highest BCUT2D eigenvalue weighted by atomic mass is 16.5. The van der Waals surface area contributed by atoms with Crippen molar-refractivity contribution in [2.45, 2.75) is 13.2 Å². The normalized spacial score (nSPS) is 10.6. The number of ether oxygens (including phenoxy) is 2. The van der Waals surface area contributed by atoms with Crippen LogP contribution < -0.4 is 10.3 Å². The summed E-state index contributed by atoms with van der Waals surface area (Å²) in [7, 11) is 0. The third-order valence-electron chi connectivity index (χ3n) is 4.35. The van der Waals surface area contributed by atoms with Crippen LogP contribution in [0.4, 0.5) is 0 Å². The van der Waals surface area contributed by atoms with Gasteiger partial charge in [0.1, 0.15) is 30.4 Å². The maximum absolute atomic E-state index is 12.6. The Morgan fingerprint density at radius 1 is 0.862 bits per heavy atom. The minimum absolute atomic E-state index is 0.147. The highest BCUT2D eigenvalue weighted by Gasteiger charge is 2.15. The standard InChI is InChI=1S/C23H18N2O4/c26-22-17-10-4-6-12-19(17)24-21(25-22)15-29-23(27)18-11-5-7-13-20(18)28-14-16-8-2-1-3-9-16/h1-13H,14-15H2,(H,24,25,26). The number of para-hydroxylation sites is 2. The number of H-pyrrole nitrogens is 1. The number of hydrogen-bond donors (Lipinski definition) is 1. The molecule has 0 saturated heterocycles. The second kappa shape index (κ2) is 8.39. The number of fused-ring (bicyclic) bond motifs is 1. The SMILES string of the molecule is O=C(OCc1nc2ccccc2c(=O)[nH]1)c1ccccc1OCc1ccccc1. The molecule has 6 heteroatoms. The average Bonchev–Trinajstić information content (AvgIpc) is 2.77. The molecule has 4 rings (SSSR count). The van der Waals surface area contributed by atoms with E-state index >= 15 is 0 Å². The van der Waals surface area contributed by atoms with Gasteiger partial charge in [0.25, 0.3) is 5.56 Å². The molecule has 0 amide bonds. The summed E-state index contributed by atoms with van der Waals surface area (Å²) in [6, 6.07) is 23.6. The van der Waals surface area contributed by atoms with Crippen molar-refractivity contribution in [1.82, 2.24) is 9.97 Å². The lowest BCUT2D eigenvalue weighted by atomic mass is 10.2. The molecule has 0 aliphatic heterocycles. The molecule has 3 aromatic carbocycles. The molecule has 0 bridgehead atoms. The predicted octanol–water partition coefficient (Wildman–Crippen LogP) is 3.86. The van der Waals surface area contributed by atoms with E-state index in [1.165, 1.54) is 0 Å². The van der Waals surface area contributed by atoms with Crippen molar-refractivity contribution in [3.8, 4) is 5.75 Å². The number of carbonyl (C=O) groups excluding carboxylic acids is 1. The molecule has 4 aromatic rings. The quantitative estimate of drug-likeness (QED) is 0.509. The fraction of sp³-hybridized carbons (Fsp3) is 0.0870. The highest BCUT2D eigenvalue weighted by Crippen LogP contribution is 2.21. The van der Waals surface area contributed by atoms with Gasteiger partial charge < -0.3 is 14.5 Å². The van der Waals surface area contributed by atoms with Gasteiger partial charge in [-0.1, -0.05) is 54.6 Å². The molecule has 29 heavy (non-hydrogen) atoms. The molecule has 1 heterocycles. The van der Waals surface area contributed by atoms with Crippen LogP contribution in [0.3, 0.4) is 0 Å². The van der Waals surface area contributed by atoms with E-state index in [0.717, 1.165) is 5.56 Å². The van der Waals surface area contributed by atoms with Gasteiger partial charge in [0, 0.05) is 0 Å². The van der Waals surface area contributed by atoms with E-state index < -0.39 is 5.97 Å². The van der Waals surface area contributed by atoms with E-state index in [1.54, 1.807) is 48.5 Å². The molecule has 0 unspecified atom stereocenters. The maximum atomic E-state index is 12.6. The average molecular weight is 386 g/mol. The molecule has 1 N–H and O–H groups in total. The van der Waals surface area contributed by atoms with Crippen LogP contribution in [-0.2, 0) is 18.0 Å². The Labute approximate surface area is 166 Å². The summed E-state index contributed by atoms with van der Waals surface area (Å²) in [5.74, 6) is 0.163. The minimum atomic E-state index is -0.551. The predicted molar refractivity (Wildman–Crippen MR) is 109 cm³/mol. The second-order valence-corrected chi connectivity index (χ2v) is 6.38. The molecule has 0 aliphatic carbocycles. The van der Waals surface area contributed by atoms with Crippen LogP contribution in [0.1, 0.15) is 21.7 Å². The van der Waals surface area contributed by atoms with E-state index in [9.17, 15) is 9.59 Å². The molecule has 0 spiro atoms. The van der Waals surface area contributed by atoms with Gasteiger partial charge in [-0.15, -0.1) is 0 Å². The number of aromatic nitrogens is 2. The van der Waals surface area contributed by atoms with Gasteiger partial charge in [0.15, 0.2) is 0 Å². The van der Waals surface area contributed by atoms with E-state index in [2.05, 4.69) is 9.97 Å². The summed E-state index contributed by atoms with van der Waals surface area (Å²) >= 11 is 0. The van der Waals surface area contributed by atoms with Crippen molar-refractivity contribution in [1.29, 1.82) is 0 Å². The number of hydrogen-bond acceptors (Lipinski definition) is 5. The van der Waals surface area contributed by atoms with Gasteiger partial charge in [0.2, 0.25) is 0 Å². The van der Waals surface area contributed by atoms with E-state index in [-0.39, 0.29) is 18.0 Å². The molecule has 0 fully saturated rings. The van der Waals surface area contributed by atoms with Crippen LogP contribution in [0.25, 0.3) is 10.9 Å². The fourth-order valence-electron chi connectivity index (χ4n) is 2.91. The van der Waals surface area contributed by atoms with Crippen LogP contribution in [0.2, 0.25) is 0 Å². The molecule has 0 saturated carbocycles. The van der Waals surface area contributed by atoms with Crippen LogP contribution in [0.15, 0.2) is 83.7 Å². The minimum Gasteiger partial charge on any atom is -0.488 e. The molecule has 6 nitrogen and oxygen atoms in total. The number of aromatic amines is 1. The summed E-state index contributed by atoms with van der Waals surface area (Å²) < 4.78 is 11.2. The zero-order valence-electron chi connectivity index (χ0n) is 15.5. The lowest BCUT2D eigenvalue weighted by molar-refractivity contribution is 0.0457. The van der Waals surface area contributed by atoms with Crippen molar-refractivity contribution < 1.29 is 14.3 Å². The first-order valence-electron chi connectivity index (χ1n) is 9.11. The summed E-state index contributed by atoms with van der Waals surface area (Å²) in [5, 5.41) is 0.488. The zero-order valence-corrected chi connectivity index (χ0v) is 15.5. The van der Waals surface area contributed by atoms with Crippen LogP contribution in [0, 0.1) is 0 Å². The molecule has 0 aliphatic rings. The van der Waals surface area contributed by atoms with Gasteiger partial charge in [-0.05, 0) is 29.8 Å². The number of nitrogens with zero attached hydrogens (tertiary/aromatic N) is 1. The molecule has 144 valence electrons. The number of esters is 1. The summed E-state index contributed by atoms with van der Waals surface area (Å²) in [5.41, 5.74) is 1.59. The zero-order chi connectivity index (χ0) is 20.1. The Kier molecular flexibility index (Phi) is 5.33. The van der Waals surface area contributed by atoms with Gasteiger partial charge in [-0.25, -0.2) is 9.78 Å². The lowest BCUT2D eigenvalue weighted by Gasteiger charge is -2.11. The highest BCUT2D eigenvalue weighted by molar-refractivity contribution is 5.92. The summed E-state index contributed by atoms with van der Waals surface area (Å²) in [4.78, 5) is 31.7. The van der Waals surface area contributed by atoms with Crippen molar-refractivity contribution in [2.24, 2.45) is 0 Å². The Hall–Kier alpha value is -3.93. The van der Waals surface area contributed by atoms with Crippen LogP contribution in [0.5, 0.6) is 5.75 Å². The van der Waals surface area contributed by atoms with Crippen molar-refractivity contribution in [2.75, 3.05) is 0 Å². The van der Waals surface area contributed by atoms with E-state index in [0.29, 0.717) is 28.8 Å². The fourth-order valence-corrected chi connectivity index (χ4v) is 2.91. The molecule has 0 atom stereocenters. The van der Waals surface area contributed by atoms with Gasteiger partial charge in [-0.2, -0.15) is 0 Å². The topological polar surface area (TPSA) is 81.3 Å². The Balaban J connectivity index is 1.47. The van der Waals surface area contributed by atoms with Gasteiger partial charge >= 0.3 is 5.97 Å². The number of rotatable bonds is 6. The monoisotopic (exact) mass is 386 g/mol. The first-order chi connectivity index (χ1) is 14.2. The summed E-state index contributed by atoms with van der Waals surface area (Å²) in [6.07, 6.45) is 0. The van der Waals surface area contributed by atoms with Gasteiger partial charge in [0.05, 0.1) is 10.9 Å². The number of nitrogens with one attached hydrogen (secondary N) is 1. The first-order valence-corrected chi connectivity index (χ1v) is 9.11. The molecular weight excluding hydrogens is 368 g/mol. The Bertz CT molecular complexity index is 1200. The molecular formula is C23H18N2O4. The molecule has 0 radical (unpaired) electrons. The third kappa shape index (κ3) is 4.32. The Morgan fingerprint density at radius 3 is 2.45 bits per heavy atom. The Morgan fingerprint density at radius 2 is 1.59 bits per heavy atom. The first kappa shape index (κ1) is 18.4. The van der Waals surface area contributed by atoms with Crippen molar-refractivity contribution in [3.63, 3.8) is 0 Å². The largest absolute Gasteiger partial charge is 0.488 e. The van der Waals surface area contributed by atoms with E-state index in [1.807, 2.05) is 30.3 Å². The number of benzene rings is 3. The lowest BCUT2D eigenvalue weighted by Crippen LogP contribution is -2.15. The maximum Gasteiger partial charge on any atom is 0.342 e. The number of carbonyl (C=O) groups is 1. The second-order valence-electron chi connectivity index (χ2n) is 6.38. The van der Waals surface area contributed by atoms with Crippen LogP contribution >= 0.6 is 0 Å². The smallest absolute Gasteiger partial charge is 0.342 e.